The van der Waals surface area contributed by atoms with Crippen molar-refractivity contribution in [3.63, 3.8) is 0 Å². The Hall–Kier alpha value is -2.83. The highest BCUT2D eigenvalue weighted by atomic mass is 16.5. The van der Waals surface area contributed by atoms with Crippen LogP contribution in [0.3, 0.4) is 0 Å². The number of hydrazone groups is 1. The van der Waals surface area contributed by atoms with Gasteiger partial charge in [0.1, 0.15) is 6.61 Å². The highest BCUT2D eigenvalue weighted by molar-refractivity contribution is 5.96. The maximum atomic E-state index is 11.5. The number of aliphatic imine (C=N–C) groups is 1. The summed E-state index contributed by atoms with van der Waals surface area (Å²) in [7, 11) is 4.74. The summed E-state index contributed by atoms with van der Waals surface area (Å²) in [6.07, 6.45) is -0.438. The smallest absolute Gasteiger partial charge is 0.413 e. The van der Waals surface area contributed by atoms with Crippen molar-refractivity contribution in [1.82, 2.24) is 0 Å². The molecule has 0 aliphatic rings. The summed E-state index contributed by atoms with van der Waals surface area (Å²) in [5.74, 6) is 5.46. The zero-order valence-corrected chi connectivity index (χ0v) is 17.9. The van der Waals surface area contributed by atoms with E-state index in [2.05, 4.69) is 21.4 Å². The molecule has 0 aromatic heterocycles. The third-order valence-electron chi connectivity index (χ3n) is 3.37. The molecule has 0 heterocycles. The molecule has 0 saturated carbocycles. The molecule has 0 saturated heterocycles. The molecule has 7 heteroatoms. The second-order valence-corrected chi connectivity index (χ2v) is 5.18. The average molecular weight is 379 g/mol. The van der Waals surface area contributed by atoms with E-state index in [-0.39, 0.29) is 6.61 Å². The Labute approximate surface area is 163 Å². The molecule has 0 aliphatic carbocycles. The molecule has 0 spiro atoms. The highest BCUT2D eigenvalue weighted by Crippen LogP contribution is 2.20. The molecule has 0 bridgehead atoms. The first-order chi connectivity index (χ1) is 12.8. The quantitative estimate of drug-likeness (QED) is 0.364. The van der Waals surface area contributed by atoms with Crippen molar-refractivity contribution in [2.45, 2.75) is 41.2 Å². The molecule has 2 N–H and O–H groups in total. The van der Waals surface area contributed by atoms with Crippen LogP contribution in [-0.2, 0) is 16.1 Å². The molecule has 27 heavy (non-hydrogen) atoms. The fraction of sp³-hybridized carbons (Fsp3) is 0.450. The van der Waals surface area contributed by atoms with E-state index in [9.17, 15) is 4.79 Å². The molecular formula is C20H34N4O3. The van der Waals surface area contributed by atoms with Crippen LogP contribution in [0, 0.1) is 0 Å². The van der Waals surface area contributed by atoms with Crippen LogP contribution in [0.2, 0.25) is 0 Å². The molecule has 1 aromatic carbocycles. The Morgan fingerprint density at radius 2 is 1.78 bits per heavy atom. The summed E-state index contributed by atoms with van der Waals surface area (Å²) in [4.78, 5) is 16.8. The zero-order valence-electron chi connectivity index (χ0n) is 17.9. The largest absolute Gasteiger partial charge is 0.475 e. The van der Waals surface area contributed by atoms with Crippen molar-refractivity contribution in [2.24, 2.45) is 15.9 Å². The summed E-state index contributed by atoms with van der Waals surface area (Å²) < 4.78 is 10.00. The predicted octanol–water partition coefficient (Wildman–Crippen LogP) is 4.38. The van der Waals surface area contributed by atoms with Gasteiger partial charge in [0, 0.05) is 32.3 Å². The standard InChI is InChI=1S/C12H17N3O3.C6H11N.C2H6/c1-9(14-13)18-8-10-6-4-5-7-11(10)15(2)12(16)17-3;1-5(2)6(3)7-4;1-2/h4-7H,8,13H2,1-3H3;1H2,2-4H3;1-2H3/b14-9+;;. The van der Waals surface area contributed by atoms with Gasteiger partial charge in [0.05, 0.1) is 12.8 Å². The van der Waals surface area contributed by atoms with Gasteiger partial charge in [0.25, 0.3) is 0 Å². The van der Waals surface area contributed by atoms with Crippen molar-refractivity contribution < 1.29 is 14.3 Å². The zero-order chi connectivity index (χ0) is 21.4. The number of carbonyl (C=O) groups excluding carboxylic acids is 1. The number of anilines is 1. The monoisotopic (exact) mass is 378 g/mol. The van der Waals surface area contributed by atoms with Crippen LogP contribution in [0.5, 0.6) is 0 Å². The number of rotatable bonds is 4. The van der Waals surface area contributed by atoms with E-state index in [1.165, 1.54) is 12.0 Å². The first-order valence-electron chi connectivity index (χ1n) is 8.64. The number of benzene rings is 1. The van der Waals surface area contributed by atoms with Crippen LogP contribution < -0.4 is 10.7 Å². The second-order valence-electron chi connectivity index (χ2n) is 5.18. The normalized spacial score (nSPS) is 10.5. The average Bonchev–Trinajstić information content (AvgIpc) is 2.72. The Morgan fingerprint density at radius 1 is 1.22 bits per heavy atom. The van der Waals surface area contributed by atoms with Gasteiger partial charge in [-0.05, 0) is 25.5 Å². The fourth-order valence-corrected chi connectivity index (χ4v) is 1.61. The highest BCUT2D eigenvalue weighted by Gasteiger charge is 2.14. The number of amides is 1. The lowest BCUT2D eigenvalue weighted by atomic mass is 10.2. The number of ether oxygens (including phenoxy) is 2. The van der Waals surface area contributed by atoms with E-state index in [0.717, 1.165) is 16.8 Å². The van der Waals surface area contributed by atoms with E-state index in [1.54, 1.807) is 21.0 Å². The molecule has 1 aromatic rings. The van der Waals surface area contributed by atoms with Crippen LogP contribution in [0.25, 0.3) is 0 Å². The van der Waals surface area contributed by atoms with Crippen molar-refractivity contribution in [2.75, 3.05) is 26.1 Å². The molecule has 0 atom stereocenters. The summed E-state index contributed by atoms with van der Waals surface area (Å²) in [5, 5.41) is 3.42. The van der Waals surface area contributed by atoms with Gasteiger partial charge in [0.2, 0.25) is 5.90 Å². The van der Waals surface area contributed by atoms with Crippen molar-refractivity contribution in [1.29, 1.82) is 0 Å². The molecule has 0 fully saturated rings. The molecule has 0 radical (unpaired) electrons. The SMILES string of the molecule is C=C(C)C(C)=NC.CC.COC(=O)N(C)c1ccccc1CO/C(C)=N/N. The van der Waals surface area contributed by atoms with Gasteiger partial charge >= 0.3 is 6.09 Å². The van der Waals surface area contributed by atoms with E-state index in [0.29, 0.717) is 11.6 Å². The van der Waals surface area contributed by atoms with Crippen molar-refractivity contribution in [3.05, 3.63) is 42.0 Å². The van der Waals surface area contributed by atoms with Gasteiger partial charge in [-0.25, -0.2) is 4.79 Å². The number of methoxy groups -OCH3 is 1. The first kappa shape index (κ1) is 26.4. The number of allylic oxidation sites excluding steroid dienone is 1. The maximum absolute atomic E-state index is 11.5. The number of hydrogen-bond acceptors (Lipinski definition) is 6. The number of hydrogen-bond donors (Lipinski definition) is 1. The third-order valence-corrected chi connectivity index (χ3v) is 3.37. The van der Waals surface area contributed by atoms with Gasteiger partial charge < -0.3 is 15.3 Å². The summed E-state index contributed by atoms with van der Waals surface area (Å²) >= 11 is 0. The van der Waals surface area contributed by atoms with Gasteiger partial charge in [-0.3, -0.25) is 9.89 Å². The molecule has 0 aliphatic heterocycles. The number of para-hydroxylation sites is 1. The lowest BCUT2D eigenvalue weighted by Gasteiger charge is -2.19. The number of nitrogens with zero attached hydrogens (tertiary/aromatic N) is 3. The Balaban J connectivity index is 0. The topological polar surface area (TPSA) is 89.5 Å². The first-order valence-corrected chi connectivity index (χ1v) is 8.64. The van der Waals surface area contributed by atoms with Crippen LogP contribution in [0.1, 0.15) is 40.2 Å². The molecular weight excluding hydrogens is 344 g/mol. The Bertz CT molecular complexity index is 640. The number of nitrogens with two attached hydrogens (primary N) is 1. The molecule has 7 nitrogen and oxygen atoms in total. The van der Waals surface area contributed by atoms with E-state index < -0.39 is 6.09 Å². The number of carbonyl (C=O) groups is 1. The van der Waals surface area contributed by atoms with E-state index >= 15 is 0 Å². The molecule has 152 valence electrons. The van der Waals surface area contributed by atoms with Crippen molar-refractivity contribution >= 4 is 23.4 Å². The van der Waals surface area contributed by atoms with Crippen LogP contribution in [-0.4, -0.2) is 38.9 Å². The third kappa shape index (κ3) is 10.7. The van der Waals surface area contributed by atoms with E-state index in [1.807, 2.05) is 52.0 Å². The minimum absolute atomic E-state index is 0.282. The summed E-state index contributed by atoms with van der Waals surface area (Å²) in [6.45, 7) is 13.5. The lowest BCUT2D eigenvalue weighted by Crippen LogP contribution is -2.27. The molecule has 0 unspecified atom stereocenters. The van der Waals surface area contributed by atoms with E-state index in [4.69, 9.17) is 10.6 Å². The predicted molar refractivity (Wildman–Crippen MR) is 115 cm³/mol. The summed E-state index contributed by atoms with van der Waals surface area (Å²) in [6, 6.07) is 7.37. The van der Waals surface area contributed by atoms with Crippen LogP contribution in [0.4, 0.5) is 10.5 Å². The lowest BCUT2D eigenvalue weighted by molar-refractivity contribution is 0.180. The minimum atomic E-state index is -0.438. The van der Waals surface area contributed by atoms with Gasteiger partial charge in [0.15, 0.2) is 0 Å². The maximum Gasteiger partial charge on any atom is 0.413 e. The fourth-order valence-electron chi connectivity index (χ4n) is 1.61. The van der Waals surface area contributed by atoms with Crippen LogP contribution in [0.15, 0.2) is 46.5 Å². The second kappa shape index (κ2) is 15.4. The van der Waals surface area contributed by atoms with Crippen LogP contribution >= 0.6 is 0 Å². The minimum Gasteiger partial charge on any atom is -0.475 e. The Morgan fingerprint density at radius 3 is 2.19 bits per heavy atom. The summed E-state index contributed by atoms with van der Waals surface area (Å²) in [5.41, 5.74) is 3.63. The molecule has 1 rings (SSSR count). The van der Waals surface area contributed by atoms with Crippen molar-refractivity contribution in [3.8, 4) is 0 Å². The Kier molecular flexibility index (Phi) is 15.1. The molecule has 1 amide bonds. The van der Waals surface area contributed by atoms with Gasteiger partial charge in [-0.15, -0.1) is 5.10 Å². The van der Waals surface area contributed by atoms with Gasteiger partial charge in [-0.1, -0.05) is 38.6 Å². The van der Waals surface area contributed by atoms with Gasteiger partial charge in [-0.2, -0.15) is 0 Å².